The van der Waals surface area contributed by atoms with E-state index in [9.17, 15) is 4.79 Å². The van der Waals surface area contributed by atoms with Crippen LogP contribution in [0.2, 0.25) is 18.1 Å². The van der Waals surface area contributed by atoms with Gasteiger partial charge in [0, 0.05) is 12.6 Å². The zero-order valence-corrected chi connectivity index (χ0v) is 15.5. The van der Waals surface area contributed by atoms with Crippen molar-refractivity contribution in [2.75, 3.05) is 6.54 Å². The van der Waals surface area contributed by atoms with Gasteiger partial charge in [-0.2, -0.15) is 0 Å². The van der Waals surface area contributed by atoms with Crippen molar-refractivity contribution in [2.24, 2.45) is 11.8 Å². The number of Topliss-reactive ketones (excluding diaryl/α,β-unsaturated/α-hetero) is 1. The summed E-state index contributed by atoms with van der Waals surface area (Å²) in [6.07, 6.45) is 1.10. The summed E-state index contributed by atoms with van der Waals surface area (Å²) >= 11 is 0. The Hall–Kier alpha value is -0.193. The second-order valence-electron chi connectivity index (χ2n) is 8.20. The van der Waals surface area contributed by atoms with E-state index in [0.29, 0.717) is 5.92 Å². The SMILES string of the molecule is CC(=O)[C@@H]1[C@H](CC(C)C)NC[C@H]1O[Si](C)(C)C(C)(C)C. The maximum atomic E-state index is 12.1. The quantitative estimate of drug-likeness (QED) is 0.788. The van der Waals surface area contributed by atoms with E-state index < -0.39 is 8.32 Å². The number of carbonyl (C=O) groups excluding carboxylic acids is 1. The first-order chi connectivity index (χ1) is 8.95. The summed E-state index contributed by atoms with van der Waals surface area (Å²) in [6, 6.07) is 0.280. The van der Waals surface area contributed by atoms with Crippen LogP contribution in [0.4, 0.5) is 0 Å². The summed E-state index contributed by atoms with van der Waals surface area (Å²) in [7, 11) is -1.82. The van der Waals surface area contributed by atoms with Crippen LogP contribution in [0.15, 0.2) is 0 Å². The number of hydrogen-bond donors (Lipinski definition) is 1. The molecule has 0 amide bonds. The van der Waals surface area contributed by atoms with Gasteiger partial charge in [0.05, 0.1) is 12.0 Å². The predicted octanol–water partition coefficient (Wildman–Crippen LogP) is 3.60. The highest BCUT2D eigenvalue weighted by atomic mass is 28.4. The summed E-state index contributed by atoms with van der Waals surface area (Å²) in [5.41, 5.74) is 0. The first kappa shape index (κ1) is 17.9. The molecule has 4 heteroatoms. The van der Waals surface area contributed by atoms with Gasteiger partial charge in [0.25, 0.3) is 0 Å². The molecule has 1 fully saturated rings. The standard InChI is InChI=1S/C16H33NO2Si/c1-11(2)9-13-15(12(3)18)14(10-17-13)19-20(7,8)16(4,5)6/h11,13-15,17H,9-10H2,1-8H3/t13-,14+,15+/m0/s1. The Bertz CT molecular complexity index is 347. The van der Waals surface area contributed by atoms with E-state index in [2.05, 4.69) is 53.0 Å². The summed E-state index contributed by atoms with van der Waals surface area (Å²) in [5.74, 6) is 0.886. The van der Waals surface area contributed by atoms with Crippen LogP contribution in [0.3, 0.4) is 0 Å². The highest BCUT2D eigenvalue weighted by Crippen LogP contribution is 2.39. The summed E-state index contributed by atoms with van der Waals surface area (Å²) in [6.45, 7) is 18.2. The van der Waals surface area contributed by atoms with E-state index in [1.807, 2.05) is 0 Å². The molecule has 0 aromatic rings. The van der Waals surface area contributed by atoms with E-state index in [1.165, 1.54) is 0 Å². The molecule has 3 atom stereocenters. The molecule has 0 aromatic heterocycles. The number of rotatable bonds is 5. The topological polar surface area (TPSA) is 38.3 Å². The van der Waals surface area contributed by atoms with Gasteiger partial charge in [0.15, 0.2) is 8.32 Å². The molecule has 0 spiro atoms. The number of ketones is 1. The molecule has 0 radical (unpaired) electrons. The molecule has 0 aliphatic carbocycles. The van der Waals surface area contributed by atoms with Gasteiger partial charge in [-0.25, -0.2) is 0 Å². The molecule has 118 valence electrons. The van der Waals surface area contributed by atoms with Gasteiger partial charge in [-0.15, -0.1) is 0 Å². The lowest BCUT2D eigenvalue weighted by Gasteiger charge is -2.39. The minimum atomic E-state index is -1.82. The Morgan fingerprint density at radius 1 is 1.35 bits per heavy atom. The molecular weight excluding hydrogens is 266 g/mol. The Balaban J connectivity index is 2.83. The molecule has 1 heterocycles. The minimum absolute atomic E-state index is 0.0199. The number of carbonyl (C=O) groups is 1. The fraction of sp³-hybridized carbons (Fsp3) is 0.938. The van der Waals surface area contributed by atoms with Crippen LogP contribution in [0.5, 0.6) is 0 Å². The van der Waals surface area contributed by atoms with Gasteiger partial charge in [-0.05, 0) is 37.4 Å². The molecule has 0 bridgehead atoms. The van der Waals surface area contributed by atoms with Gasteiger partial charge in [0.1, 0.15) is 5.78 Å². The second kappa shape index (κ2) is 6.28. The second-order valence-corrected chi connectivity index (χ2v) is 13.0. The molecule has 0 aromatic carbocycles. The van der Waals surface area contributed by atoms with Crippen LogP contribution >= 0.6 is 0 Å². The first-order valence-corrected chi connectivity index (χ1v) is 10.8. The van der Waals surface area contributed by atoms with Gasteiger partial charge >= 0.3 is 0 Å². The van der Waals surface area contributed by atoms with Crippen molar-refractivity contribution in [3.05, 3.63) is 0 Å². The van der Waals surface area contributed by atoms with Crippen molar-refractivity contribution in [3.8, 4) is 0 Å². The van der Waals surface area contributed by atoms with E-state index in [1.54, 1.807) is 6.92 Å². The molecule has 0 unspecified atom stereocenters. The fourth-order valence-corrected chi connectivity index (χ4v) is 4.07. The van der Waals surface area contributed by atoms with Crippen molar-refractivity contribution in [2.45, 2.75) is 78.2 Å². The average Bonchev–Trinajstić information content (AvgIpc) is 2.57. The lowest BCUT2D eigenvalue weighted by molar-refractivity contribution is -0.123. The molecule has 1 aliphatic rings. The molecule has 3 nitrogen and oxygen atoms in total. The zero-order chi connectivity index (χ0) is 15.7. The molecule has 1 aliphatic heterocycles. The van der Waals surface area contributed by atoms with E-state index in [4.69, 9.17) is 4.43 Å². The van der Waals surface area contributed by atoms with Crippen molar-refractivity contribution < 1.29 is 9.22 Å². The third-order valence-corrected chi connectivity index (χ3v) is 9.37. The van der Waals surface area contributed by atoms with Crippen molar-refractivity contribution in [1.29, 1.82) is 0 Å². The van der Waals surface area contributed by atoms with Gasteiger partial charge in [0.2, 0.25) is 0 Å². The summed E-state index contributed by atoms with van der Waals surface area (Å²) in [5, 5.41) is 3.70. The monoisotopic (exact) mass is 299 g/mol. The van der Waals surface area contributed by atoms with Gasteiger partial charge in [-0.3, -0.25) is 4.79 Å². The normalized spacial score (nSPS) is 28.1. The van der Waals surface area contributed by atoms with E-state index in [-0.39, 0.29) is 28.9 Å². The highest BCUT2D eigenvalue weighted by Gasteiger charge is 2.46. The zero-order valence-electron chi connectivity index (χ0n) is 14.5. The average molecular weight is 300 g/mol. The van der Waals surface area contributed by atoms with Crippen LogP contribution in [-0.4, -0.2) is 32.8 Å². The van der Waals surface area contributed by atoms with Crippen LogP contribution in [0.25, 0.3) is 0 Å². The van der Waals surface area contributed by atoms with Crippen LogP contribution in [0, 0.1) is 11.8 Å². The Kier molecular flexibility index (Phi) is 5.61. The molecule has 1 rings (SSSR count). The molecular formula is C16H33NO2Si. The Morgan fingerprint density at radius 2 is 1.90 bits per heavy atom. The minimum Gasteiger partial charge on any atom is -0.412 e. The molecule has 20 heavy (non-hydrogen) atoms. The smallest absolute Gasteiger partial charge is 0.192 e. The highest BCUT2D eigenvalue weighted by molar-refractivity contribution is 6.74. The van der Waals surface area contributed by atoms with Crippen LogP contribution in [-0.2, 0) is 9.22 Å². The Morgan fingerprint density at radius 3 is 2.30 bits per heavy atom. The summed E-state index contributed by atoms with van der Waals surface area (Å²) < 4.78 is 6.50. The van der Waals surface area contributed by atoms with Gasteiger partial charge in [-0.1, -0.05) is 34.6 Å². The number of nitrogens with one attached hydrogen (secondary N) is 1. The van der Waals surface area contributed by atoms with Gasteiger partial charge < -0.3 is 9.74 Å². The first-order valence-electron chi connectivity index (χ1n) is 7.87. The van der Waals surface area contributed by atoms with Crippen molar-refractivity contribution in [3.63, 3.8) is 0 Å². The van der Waals surface area contributed by atoms with E-state index in [0.717, 1.165) is 13.0 Å². The lowest BCUT2D eigenvalue weighted by atomic mass is 9.89. The maximum Gasteiger partial charge on any atom is 0.192 e. The fourth-order valence-electron chi connectivity index (χ4n) is 2.73. The van der Waals surface area contributed by atoms with Crippen LogP contribution in [0.1, 0.15) is 48.0 Å². The summed E-state index contributed by atoms with van der Waals surface area (Å²) in [4.78, 5) is 12.1. The predicted molar refractivity (Wildman–Crippen MR) is 87.5 cm³/mol. The molecule has 1 N–H and O–H groups in total. The maximum absolute atomic E-state index is 12.1. The van der Waals surface area contributed by atoms with E-state index >= 15 is 0 Å². The van der Waals surface area contributed by atoms with Crippen LogP contribution < -0.4 is 5.32 Å². The third-order valence-electron chi connectivity index (χ3n) is 4.86. The molecule has 0 saturated carbocycles. The van der Waals surface area contributed by atoms with Crippen molar-refractivity contribution in [1.82, 2.24) is 5.32 Å². The lowest BCUT2D eigenvalue weighted by Crippen LogP contribution is -2.47. The largest absolute Gasteiger partial charge is 0.412 e. The third kappa shape index (κ3) is 4.15. The number of hydrogen-bond acceptors (Lipinski definition) is 3. The Labute approximate surface area is 126 Å². The molecule has 1 saturated heterocycles. The van der Waals surface area contributed by atoms with Crippen molar-refractivity contribution >= 4 is 14.1 Å².